The molecule has 2 N–H and O–H groups in total. The molecule has 0 saturated carbocycles. The summed E-state index contributed by atoms with van der Waals surface area (Å²) in [5.41, 5.74) is 0.615. The number of aliphatic hydroxyl groups is 1. The van der Waals surface area contributed by atoms with Crippen molar-refractivity contribution in [3.05, 3.63) is 23.2 Å². The zero-order chi connectivity index (χ0) is 15.1. The Morgan fingerprint density at radius 3 is 2.81 bits per heavy atom. The molecule has 1 aromatic carbocycles. The van der Waals surface area contributed by atoms with Crippen molar-refractivity contribution >= 4 is 17.3 Å². The number of anilines is 1. The lowest BCUT2D eigenvalue weighted by molar-refractivity contribution is -0.128. The van der Waals surface area contributed by atoms with E-state index in [1.54, 1.807) is 6.07 Å². The number of ether oxygens (including phenoxy) is 3. The van der Waals surface area contributed by atoms with Crippen LogP contribution in [0.5, 0.6) is 5.75 Å². The third-order valence-electron chi connectivity index (χ3n) is 3.45. The fourth-order valence-electron chi connectivity index (χ4n) is 2.06. The van der Waals surface area contributed by atoms with Gasteiger partial charge in [-0.15, -0.1) is 0 Å². The highest BCUT2D eigenvalue weighted by Crippen LogP contribution is 2.34. The van der Waals surface area contributed by atoms with Gasteiger partial charge in [0.1, 0.15) is 6.61 Å². The Morgan fingerprint density at radius 2 is 2.19 bits per heavy atom. The Bertz CT molecular complexity index is 446. The van der Waals surface area contributed by atoms with E-state index in [0.29, 0.717) is 50.4 Å². The Kier molecular flexibility index (Phi) is 6.11. The van der Waals surface area contributed by atoms with Gasteiger partial charge in [0.15, 0.2) is 5.75 Å². The largest absolute Gasteiger partial charge is 0.487 e. The molecule has 0 aliphatic carbocycles. The molecule has 0 aromatic heterocycles. The Labute approximate surface area is 130 Å². The van der Waals surface area contributed by atoms with Gasteiger partial charge < -0.3 is 24.6 Å². The fourth-order valence-corrected chi connectivity index (χ4v) is 2.29. The van der Waals surface area contributed by atoms with Crippen molar-refractivity contribution < 1.29 is 19.3 Å². The summed E-state index contributed by atoms with van der Waals surface area (Å²) in [5, 5.41) is 13.3. The maximum atomic E-state index is 9.45. The van der Waals surface area contributed by atoms with Gasteiger partial charge in [-0.05, 0) is 19.1 Å². The molecule has 1 heterocycles. The lowest BCUT2D eigenvalue weighted by Gasteiger charge is -2.40. The minimum atomic E-state index is -0.203. The molecule has 1 saturated heterocycles. The van der Waals surface area contributed by atoms with Gasteiger partial charge in [0, 0.05) is 13.2 Å². The maximum Gasteiger partial charge on any atom is 0.161 e. The summed E-state index contributed by atoms with van der Waals surface area (Å²) in [6.45, 7) is 5.42. The zero-order valence-electron chi connectivity index (χ0n) is 12.2. The van der Waals surface area contributed by atoms with Crippen LogP contribution in [0, 0.1) is 5.41 Å². The molecule has 5 nitrogen and oxygen atoms in total. The molecular weight excluding hydrogens is 294 g/mol. The first-order valence-electron chi connectivity index (χ1n) is 7.12. The van der Waals surface area contributed by atoms with Gasteiger partial charge in [-0.1, -0.05) is 17.7 Å². The minimum absolute atomic E-state index is 0.0983. The van der Waals surface area contributed by atoms with E-state index in [2.05, 4.69) is 5.32 Å². The van der Waals surface area contributed by atoms with Crippen LogP contribution >= 0.6 is 11.6 Å². The lowest BCUT2D eigenvalue weighted by Crippen LogP contribution is -2.50. The second-order valence-corrected chi connectivity index (χ2v) is 5.57. The van der Waals surface area contributed by atoms with Crippen molar-refractivity contribution in [2.24, 2.45) is 5.41 Å². The van der Waals surface area contributed by atoms with Crippen LogP contribution in [0.3, 0.4) is 0 Å². The molecule has 1 aliphatic heterocycles. The van der Waals surface area contributed by atoms with Gasteiger partial charge in [0.05, 0.1) is 42.6 Å². The monoisotopic (exact) mass is 315 g/mol. The van der Waals surface area contributed by atoms with E-state index in [1.807, 2.05) is 19.1 Å². The molecule has 0 unspecified atom stereocenters. The van der Waals surface area contributed by atoms with Gasteiger partial charge in [-0.25, -0.2) is 0 Å². The van der Waals surface area contributed by atoms with Crippen molar-refractivity contribution in [2.75, 3.05) is 51.5 Å². The quantitative estimate of drug-likeness (QED) is 0.684. The summed E-state index contributed by atoms with van der Waals surface area (Å²) in [7, 11) is 0. The number of hydrogen-bond donors (Lipinski definition) is 2. The number of para-hydroxylation sites is 1. The van der Waals surface area contributed by atoms with E-state index in [1.165, 1.54) is 0 Å². The number of halogens is 1. The van der Waals surface area contributed by atoms with E-state index in [9.17, 15) is 5.11 Å². The molecule has 0 radical (unpaired) electrons. The third-order valence-corrected chi connectivity index (χ3v) is 3.75. The number of benzene rings is 1. The summed E-state index contributed by atoms with van der Waals surface area (Å²) in [6.07, 6.45) is 0. The highest BCUT2D eigenvalue weighted by atomic mass is 35.5. The number of nitrogens with one attached hydrogen (secondary N) is 1. The second kappa shape index (κ2) is 7.84. The smallest absolute Gasteiger partial charge is 0.161 e. The van der Waals surface area contributed by atoms with Crippen molar-refractivity contribution in [3.63, 3.8) is 0 Å². The minimum Gasteiger partial charge on any atom is -0.487 e. The first-order chi connectivity index (χ1) is 10.2. The zero-order valence-corrected chi connectivity index (χ0v) is 13.0. The normalized spacial score (nSPS) is 16.3. The van der Waals surface area contributed by atoms with Crippen LogP contribution in [-0.4, -0.2) is 51.3 Å². The van der Waals surface area contributed by atoms with Gasteiger partial charge in [0.2, 0.25) is 0 Å². The van der Waals surface area contributed by atoms with Crippen molar-refractivity contribution in [2.45, 2.75) is 6.92 Å². The summed E-state index contributed by atoms with van der Waals surface area (Å²) in [6, 6.07) is 5.56. The van der Waals surface area contributed by atoms with Gasteiger partial charge in [-0.3, -0.25) is 0 Å². The van der Waals surface area contributed by atoms with Crippen molar-refractivity contribution in [3.8, 4) is 5.75 Å². The third kappa shape index (κ3) is 4.23. The molecule has 0 spiro atoms. The summed E-state index contributed by atoms with van der Waals surface area (Å²) in [4.78, 5) is 0. The average molecular weight is 316 g/mol. The second-order valence-electron chi connectivity index (χ2n) is 5.17. The Morgan fingerprint density at radius 1 is 1.38 bits per heavy atom. The highest BCUT2D eigenvalue weighted by Gasteiger charge is 2.38. The Hall–Kier alpha value is -1.01. The van der Waals surface area contributed by atoms with E-state index in [0.717, 1.165) is 5.69 Å². The number of hydrogen-bond acceptors (Lipinski definition) is 5. The van der Waals surface area contributed by atoms with Crippen LogP contribution in [0.1, 0.15) is 6.92 Å². The molecular formula is C15H22ClNO4. The fraction of sp³-hybridized carbons (Fsp3) is 0.600. The summed E-state index contributed by atoms with van der Waals surface area (Å²) < 4.78 is 16.2. The van der Waals surface area contributed by atoms with E-state index in [4.69, 9.17) is 25.8 Å². The van der Waals surface area contributed by atoms with Gasteiger partial charge in [0.25, 0.3) is 0 Å². The highest BCUT2D eigenvalue weighted by molar-refractivity contribution is 6.32. The van der Waals surface area contributed by atoms with Crippen LogP contribution in [-0.2, 0) is 9.47 Å². The van der Waals surface area contributed by atoms with Gasteiger partial charge in [-0.2, -0.15) is 0 Å². The van der Waals surface area contributed by atoms with E-state index < -0.39 is 0 Å². The first-order valence-corrected chi connectivity index (χ1v) is 7.50. The molecule has 0 atom stereocenters. The number of rotatable bonds is 9. The maximum absolute atomic E-state index is 9.45. The molecule has 1 aliphatic rings. The lowest BCUT2D eigenvalue weighted by atomic mass is 9.87. The predicted molar refractivity (Wildman–Crippen MR) is 82.3 cm³/mol. The summed E-state index contributed by atoms with van der Waals surface area (Å²) in [5.74, 6) is 0.618. The predicted octanol–water partition coefficient (Wildman–Crippen LogP) is 2.18. The number of aliphatic hydroxyl groups excluding tert-OH is 1. The molecule has 0 bridgehead atoms. The van der Waals surface area contributed by atoms with Crippen LogP contribution in [0.25, 0.3) is 0 Å². The molecule has 1 fully saturated rings. The molecule has 0 amide bonds. The molecule has 118 valence electrons. The standard InChI is InChI=1S/C15H22ClNO4/c1-2-19-6-7-21-14-12(16)4-3-5-13(14)17-8-15(9-18)10-20-11-15/h3-5,17-18H,2,6-11H2,1H3. The Balaban J connectivity index is 1.96. The van der Waals surface area contributed by atoms with Crippen LogP contribution < -0.4 is 10.1 Å². The first kappa shape index (κ1) is 16.4. The average Bonchev–Trinajstić information content (AvgIpc) is 2.45. The SMILES string of the molecule is CCOCCOc1c(Cl)cccc1NCC1(CO)COC1. The van der Waals surface area contributed by atoms with Gasteiger partial charge >= 0.3 is 0 Å². The van der Waals surface area contributed by atoms with Crippen LogP contribution in [0.2, 0.25) is 5.02 Å². The molecule has 1 aromatic rings. The van der Waals surface area contributed by atoms with Crippen LogP contribution in [0.4, 0.5) is 5.69 Å². The van der Waals surface area contributed by atoms with Crippen molar-refractivity contribution in [1.82, 2.24) is 0 Å². The molecule has 2 rings (SSSR count). The van der Waals surface area contributed by atoms with E-state index in [-0.39, 0.29) is 12.0 Å². The van der Waals surface area contributed by atoms with E-state index >= 15 is 0 Å². The van der Waals surface area contributed by atoms with Crippen molar-refractivity contribution in [1.29, 1.82) is 0 Å². The molecule has 6 heteroatoms. The summed E-state index contributed by atoms with van der Waals surface area (Å²) >= 11 is 6.19. The van der Waals surface area contributed by atoms with Crippen LogP contribution in [0.15, 0.2) is 18.2 Å². The molecule has 21 heavy (non-hydrogen) atoms. The topological polar surface area (TPSA) is 60.0 Å².